The van der Waals surface area contributed by atoms with Gasteiger partial charge in [-0.3, -0.25) is 4.79 Å². The summed E-state index contributed by atoms with van der Waals surface area (Å²) in [5.74, 6) is 0.293. The molecular formula is C27H49NO6P+. The Labute approximate surface area is 214 Å². The Hall–Kier alpha value is -1.24. The van der Waals surface area contributed by atoms with Crippen LogP contribution in [0.15, 0.2) is 24.3 Å². The van der Waals surface area contributed by atoms with Crippen LogP contribution in [0.4, 0.5) is 0 Å². The largest absolute Gasteiger partial charge is 0.490 e. The molecule has 0 bridgehead atoms. The number of benzene rings is 1. The highest BCUT2D eigenvalue weighted by Gasteiger charge is 2.17. The van der Waals surface area contributed by atoms with Crippen molar-refractivity contribution in [1.82, 2.24) is 0 Å². The standard InChI is InChI=1S/C27H48NO6P/c1-4-6-7-8-9-10-11-12-13-14-15-25-16-18-26(19-17-25)31-22-27(34-24(3)29)23-33-35(30)32-21-20-28-5-2/h16-19,27-28,30H,4-15,20-23H2,1-3H3/p+1. The SMILES string of the molecule is CCCCCCCCCCCCc1ccc(OCC(COP(O)OCC[NH2+]CC)OC(C)=O)cc1. The van der Waals surface area contributed by atoms with Crippen LogP contribution in [-0.4, -0.2) is 49.9 Å². The molecule has 3 N–H and O–H groups in total. The molecule has 7 nitrogen and oxygen atoms in total. The number of carbonyl (C=O) groups excluding carboxylic acids is 1. The first kappa shape index (κ1) is 31.8. The number of rotatable bonds is 23. The minimum atomic E-state index is -2.01. The lowest BCUT2D eigenvalue weighted by Gasteiger charge is -2.19. The molecule has 202 valence electrons. The third kappa shape index (κ3) is 18.7. The Balaban J connectivity index is 2.23. The zero-order valence-corrected chi connectivity index (χ0v) is 23.1. The Morgan fingerprint density at radius 3 is 2.14 bits per heavy atom. The Kier molecular flexibility index (Phi) is 20.0. The smallest absolute Gasteiger partial charge is 0.330 e. The van der Waals surface area contributed by atoms with Gasteiger partial charge in [0, 0.05) is 6.92 Å². The summed E-state index contributed by atoms with van der Waals surface area (Å²) < 4.78 is 21.6. The van der Waals surface area contributed by atoms with Crippen LogP contribution in [0.5, 0.6) is 5.75 Å². The number of ether oxygens (including phenoxy) is 2. The van der Waals surface area contributed by atoms with Gasteiger partial charge in [0.05, 0.1) is 19.7 Å². The van der Waals surface area contributed by atoms with Gasteiger partial charge in [0.2, 0.25) is 0 Å². The Morgan fingerprint density at radius 1 is 0.914 bits per heavy atom. The van der Waals surface area contributed by atoms with Crippen LogP contribution >= 0.6 is 8.60 Å². The summed E-state index contributed by atoms with van der Waals surface area (Å²) in [7, 11) is -2.01. The van der Waals surface area contributed by atoms with E-state index in [0.29, 0.717) is 12.4 Å². The zero-order valence-electron chi connectivity index (χ0n) is 22.2. The van der Waals surface area contributed by atoms with Gasteiger partial charge in [0.1, 0.15) is 19.0 Å². The topological polar surface area (TPSA) is 90.8 Å². The predicted molar refractivity (Wildman–Crippen MR) is 141 cm³/mol. The van der Waals surface area contributed by atoms with Crippen molar-refractivity contribution >= 4 is 14.6 Å². The monoisotopic (exact) mass is 514 g/mol. The number of carbonyl (C=O) groups is 1. The molecule has 1 rings (SSSR count). The van der Waals surface area contributed by atoms with Crippen molar-refractivity contribution in [2.45, 2.75) is 97.5 Å². The Bertz CT molecular complexity index is 631. The number of esters is 1. The maximum absolute atomic E-state index is 11.4. The van der Waals surface area contributed by atoms with Gasteiger partial charge in [0.25, 0.3) is 0 Å². The fourth-order valence-corrected chi connectivity index (χ4v) is 4.34. The maximum Gasteiger partial charge on any atom is 0.330 e. The molecule has 0 saturated heterocycles. The van der Waals surface area contributed by atoms with Crippen LogP contribution in [0, 0.1) is 0 Å². The van der Waals surface area contributed by atoms with Gasteiger partial charge in [0.15, 0.2) is 6.10 Å². The van der Waals surface area contributed by atoms with Crippen molar-refractivity contribution in [2.24, 2.45) is 0 Å². The number of hydrogen-bond acceptors (Lipinski definition) is 6. The van der Waals surface area contributed by atoms with Crippen molar-refractivity contribution in [3.8, 4) is 5.75 Å². The lowest BCUT2D eigenvalue weighted by Crippen LogP contribution is -2.84. The lowest BCUT2D eigenvalue weighted by atomic mass is 10.0. The highest BCUT2D eigenvalue weighted by Crippen LogP contribution is 2.32. The van der Waals surface area contributed by atoms with E-state index in [1.807, 2.05) is 19.1 Å². The molecule has 2 unspecified atom stereocenters. The molecule has 35 heavy (non-hydrogen) atoms. The number of nitrogens with two attached hydrogens (primary N) is 1. The van der Waals surface area contributed by atoms with Crippen LogP contribution in [0.1, 0.15) is 90.5 Å². The first-order valence-corrected chi connectivity index (χ1v) is 14.6. The van der Waals surface area contributed by atoms with E-state index in [1.165, 1.54) is 76.7 Å². The van der Waals surface area contributed by atoms with Gasteiger partial charge in [-0.2, -0.15) is 0 Å². The van der Waals surface area contributed by atoms with Gasteiger partial charge >= 0.3 is 14.6 Å². The minimum absolute atomic E-state index is 0.0100. The molecule has 0 aliphatic carbocycles. The first-order chi connectivity index (χ1) is 17.0. The normalized spacial score (nSPS) is 12.9. The van der Waals surface area contributed by atoms with E-state index in [4.69, 9.17) is 18.5 Å². The third-order valence-corrected chi connectivity index (χ3v) is 6.47. The highest BCUT2D eigenvalue weighted by atomic mass is 31.2. The zero-order chi connectivity index (χ0) is 25.6. The quantitative estimate of drug-likeness (QED) is 0.117. The molecular weight excluding hydrogens is 465 g/mol. The van der Waals surface area contributed by atoms with E-state index < -0.39 is 20.7 Å². The summed E-state index contributed by atoms with van der Waals surface area (Å²) in [4.78, 5) is 21.3. The molecule has 1 aromatic carbocycles. The summed E-state index contributed by atoms with van der Waals surface area (Å²) in [6.45, 7) is 7.92. The summed E-state index contributed by atoms with van der Waals surface area (Å²) in [6, 6.07) is 8.08. The van der Waals surface area contributed by atoms with Crippen molar-refractivity contribution in [2.75, 3.05) is 32.9 Å². The van der Waals surface area contributed by atoms with E-state index >= 15 is 0 Å². The van der Waals surface area contributed by atoms with E-state index in [2.05, 4.69) is 24.4 Å². The molecule has 0 amide bonds. The molecule has 0 aliphatic heterocycles. The molecule has 0 radical (unpaired) electrons. The molecule has 1 aromatic rings. The second-order valence-corrected chi connectivity index (χ2v) is 9.96. The third-order valence-electron chi connectivity index (χ3n) is 5.69. The van der Waals surface area contributed by atoms with Crippen molar-refractivity contribution in [3.63, 3.8) is 0 Å². The average molecular weight is 515 g/mol. The second kappa shape index (κ2) is 22.0. The molecule has 0 spiro atoms. The van der Waals surface area contributed by atoms with Crippen LogP contribution in [0.2, 0.25) is 0 Å². The maximum atomic E-state index is 11.4. The van der Waals surface area contributed by atoms with Crippen LogP contribution in [-0.2, 0) is 25.0 Å². The Morgan fingerprint density at radius 2 is 1.54 bits per heavy atom. The summed E-state index contributed by atoms with van der Waals surface area (Å²) in [5, 5.41) is 2.07. The number of quaternary nitrogens is 1. The molecule has 0 heterocycles. The van der Waals surface area contributed by atoms with Gasteiger partial charge in [-0.25, -0.2) is 0 Å². The summed E-state index contributed by atoms with van der Waals surface area (Å²) in [5.41, 5.74) is 1.31. The van der Waals surface area contributed by atoms with Crippen molar-refractivity contribution < 1.29 is 33.5 Å². The van der Waals surface area contributed by atoms with Crippen molar-refractivity contribution in [3.05, 3.63) is 29.8 Å². The predicted octanol–water partition coefficient (Wildman–Crippen LogP) is 5.30. The number of likely N-dealkylation sites (N-methyl/N-ethyl adjacent to an activating group) is 1. The molecule has 0 aromatic heterocycles. The number of unbranched alkanes of at least 4 members (excludes halogenated alkanes) is 9. The van der Waals surface area contributed by atoms with Crippen LogP contribution in [0.25, 0.3) is 0 Å². The van der Waals surface area contributed by atoms with E-state index in [0.717, 1.165) is 19.5 Å². The molecule has 0 aliphatic rings. The number of aryl methyl sites for hydroxylation is 1. The fourth-order valence-electron chi connectivity index (χ4n) is 3.71. The van der Waals surface area contributed by atoms with E-state index in [1.54, 1.807) is 0 Å². The molecule has 0 fully saturated rings. The van der Waals surface area contributed by atoms with Gasteiger partial charge in [-0.05, 0) is 37.5 Å². The number of hydrogen-bond donors (Lipinski definition) is 2. The lowest BCUT2D eigenvalue weighted by molar-refractivity contribution is -0.652. The summed E-state index contributed by atoms with van der Waals surface area (Å²) in [6.07, 6.45) is 13.9. The van der Waals surface area contributed by atoms with Gasteiger partial charge in [-0.1, -0.05) is 76.8 Å². The van der Waals surface area contributed by atoms with Gasteiger partial charge in [-0.15, -0.1) is 0 Å². The molecule has 2 atom stereocenters. The van der Waals surface area contributed by atoms with E-state index in [-0.39, 0.29) is 13.2 Å². The molecule has 8 heteroatoms. The van der Waals surface area contributed by atoms with Crippen LogP contribution < -0.4 is 10.1 Å². The fraction of sp³-hybridized carbons (Fsp3) is 0.741. The first-order valence-electron chi connectivity index (χ1n) is 13.5. The summed E-state index contributed by atoms with van der Waals surface area (Å²) >= 11 is 0. The molecule has 0 saturated carbocycles. The van der Waals surface area contributed by atoms with Crippen LogP contribution in [0.3, 0.4) is 0 Å². The van der Waals surface area contributed by atoms with Gasteiger partial charge < -0.3 is 28.7 Å². The van der Waals surface area contributed by atoms with E-state index in [9.17, 15) is 9.69 Å². The second-order valence-electron chi connectivity index (χ2n) is 8.97. The highest BCUT2D eigenvalue weighted by molar-refractivity contribution is 7.40. The van der Waals surface area contributed by atoms with Crippen molar-refractivity contribution in [1.29, 1.82) is 0 Å². The minimum Gasteiger partial charge on any atom is -0.490 e. The average Bonchev–Trinajstić information content (AvgIpc) is 2.85.